The van der Waals surface area contributed by atoms with Crippen LogP contribution in [0, 0.1) is 22.7 Å². The van der Waals surface area contributed by atoms with Gasteiger partial charge in [0.15, 0.2) is 12.1 Å². The van der Waals surface area contributed by atoms with Crippen LogP contribution >= 0.6 is 0 Å². The van der Waals surface area contributed by atoms with Crippen LogP contribution in [0.2, 0.25) is 0 Å². The standard InChI is InChI=1S/C9H7N.C2N2.2CH4/c1-2-6-9-8(4-1)5-3-7-10-9;3-1-2-4;;/h1-7H;;2*1H4. The van der Waals surface area contributed by atoms with Gasteiger partial charge in [-0.3, -0.25) is 4.98 Å². The highest BCUT2D eigenvalue weighted by Crippen LogP contribution is 2.07. The van der Waals surface area contributed by atoms with Crippen molar-refractivity contribution < 1.29 is 0 Å². The molecule has 0 saturated heterocycles. The van der Waals surface area contributed by atoms with Crippen LogP contribution in [0.5, 0.6) is 0 Å². The summed E-state index contributed by atoms with van der Waals surface area (Å²) >= 11 is 0. The molecule has 3 nitrogen and oxygen atoms in total. The first-order valence-electron chi connectivity index (χ1n) is 3.96. The third-order valence-corrected chi connectivity index (χ3v) is 1.56. The quantitative estimate of drug-likeness (QED) is 0.672. The van der Waals surface area contributed by atoms with Crippen molar-refractivity contribution in [3.05, 3.63) is 42.6 Å². The highest BCUT2D eigenvalue weighted by atomic mass is 14.6. The number of hydrogen-bond acceptors (Lipinski definition) is 3. The van der Waals surface area contributed by atoms with E-state index in [2.05, 4.69) is 17.1 Å². The number of rotatable bonds is 0. The Labute approximate surface area is 96.6 Å². The highest BCUT2D eigenvalue weighted by molar-refractivity contribution is 5.77. The van der Waals surface area contributed by atoms with Crippen LogP contribution in [0.3, 0.4) is 0 Å². The second-order valence-electron chi connectivity index (χ2n) is 2.42. The molecule has 2 aromatic rings. The molecule has 0 aliphatic rings. The molecule has 0 radical (unpaired) electrons. The zero-order chi connectivity index (χ0) is 10.2. The van der Waals surface area contributed by atoms with Crippen LogP contribution in [0.15, 0.2) is 42.6 Å². The molecule has 0 unspecified atom stereocenters. The molecule has 0 amide bonds. The summed E-state index contributed by atoms with van der Waals surface area (Å²) in [6.45, 7) is 0. The number of hydrogen-bond donors (Lipinski definition) is 0. The van der Waals surface area contributed by atoms with Gasteiger partial charge >= 0.3 is 0 Å². The normalized spacial score (nSPS) is 6.88. The first-order valence-corrected chi connectivity index (χ1v) is 3.96. The van der Waals surface area contributed by atoms with Crippen molar-refractivity contribution in [2.45, 2.75) is 14.9 Å². The van der Waals surface area contributed by atoms with E-state index in [9.17, 15) is 0 Å². The van der Waals surface area contributed by atoms with E-state index in [1.165, 1.54) is 17.5 Å². The van der Waals surface area contributed by atoms with E-state index in [1.54, 1.807) is 0 Å². The zero-order valence-corrected chi connectivity index (χ0v) is 7.38. The summed E-state index contributed by atoms with van der Waals surface area (Å²) in [5.41, 5.74) is 1.06. The molecule has 1 aromatic carbocycles. The Hall–Kier alpha value is -2.39. The van der Waals surface area contributed by atoms with Crippen molar-refractivity contribution in [3.63, 3.8) is 0 Å². The Kier molecular flexibility index (Phi) is 9.21. The van der Waals surface area contributed by atoms with E-state index in [4.69, 9.17) is 10.5 Å². The lowest BCUT2D eigenvalue weighted by Crippen LogP contribution is -1.73. The van der Waals surface area contributed by atoms with E-state index in [-0.39, 0.29) is 14.9 Å². The fourth-order valence-electron chi connectivity index (χ4n) is 1.02. The maximum Gasteiger partial charge on any atom is 0.181 e. The molecule has 0 atom stereocenters. The number of nitrogens with zero attached hydrogens (tertiary/aromatic N) is 3. The first-order chi connectivity index (χ1) is 6.88. The average molecular weight is 213 g/mol. The molecule has 3 heteroatoms. The monoisotopic (exact) mass is 213 g/mol. The summed E-state index contributed by atoms with van der Waals surface area (Å²) < 4.78 is 0. The third-order valence-electron chi connectivity index (χ3n) is 1.56. The van der Waals surface area contributed by atoms with Gasteiger partial charge in [-0.2, -0.15) is 10.5 Å². The van der Waals surface area contributed by atoms with Crippen LogP contribution in [-0.2, 0) is 0 Å². The van der Waals surface area contributed by atoms with Gasteiger partial charge in [0.25, 0.3) is 0 Å². The zero-order valence-electron chi connectivity index (χ0n) is 7.38. The van der Waals surface area contributed by atoms with E-state index in [1.807, 2.05) is 30.5 Å². The molecular formula is C13H15N3. The molecule has 0 fully saturated rings. The fraction of sp³-hybridized carbons (Fsp3) is 0.154. The van der Waals surface area contributed by atoms with Crippen LogP contribution in [-0.4, -0.2) is 4.98 Å². The second-order valence-corrected chi connectivity index (χ2v) is 2.42. The summed E-state index contributed by atoms with van der Waals surface area (Å²) in [7, 11) is 0. The number of nitriles is 2. The maximum atomic E-state index is 7.26. The van der Waals surface area contributed by atoms with Gasteiger partial charge in [0.1, 0.15) is 0 Å². The Balaban J connectivity index is 0. The van der Waals surface area contributed by atoms with Crippen molar-refractivity contribution in [3.8, 4) is 12.1 Å². The first kappa shape index (κ1) is 16.1. The van der Waals surface area contributed by atoms with Crippen LogP contribution in [0.25, 0.3) is 10.9 Å². The number of aromatic nitrogens is 1. The van der Waals surface area contributed by atoms with Gasteiger partial charge in [-0.25, -0.2) is 0 Å². The van der Waals surface area contributed by atoms with Crippen molar-refractivity contribution in [2.75, 3.05) is 0 Å². The molecule has 2 rings (SSSR count). The Morgan fingerprint density at radius 3 is 2.00 bits per heavy atom. The lowest BCUT2D eigenvalue weighted by molar-refractivity contribution is 1.41. The van der Waals surface area contributed by atoms with Gasteiger partial charge < -0.3 is 0 Å². The van der Waals surface area contributed by atoms with Crippen LogP contribution in [0.1, 0.15) is 14.9 Å². The van der Waals surface area contributed by atoms with Gasteiger partial charge in [0.2, 0.25) is 0 Å². The molecule has 0 N–H and O–H groups in total. The SMILES string of the molecule is C.C.N#CC#N.c1ccc2ncccc2c1. The van der Waals surface area contributed by atoms with Crippen LogP contribution < -0.4 is 0 Å². The molecule has 0 spiro atoms. The molecule has 1 aromatic heterocycles. The summed E-state index contributed by atoms with van der Waals surface area (Å²) in [6.07, 6.45) is 1.81. The summed E-state index contributed by atoms with van der Waals surface area (Å²) in [5, 5.41) is 15.7. The number of benzene rings is 1. The minimum atomic E-state index is 0. The largest absolute Gasteiger partial charge is 0.256 e. The summed E-state index contributed by atoms with van der Waals surface area (Å²) in [6, 6.07) is 14.6. The predicted octanol–water partition coefficient (Wildman–Crippen LogP) is 3.54. The van der Waals surface area contributed by atoms with Gasteiger partial charge in [-0.05, 0) is 12.1 Å². The van der Waals surface area contributed by atoms with Gasteiger partial charge in [0.05, 0.1) is 5.52 Å². The highest BCUT2D eigenvalue weighted by Gasteiger charge is 1.86. The molecule has 0 aliphatic carbocycles. The second kappa shape index (κ2) is 9.18. The molecule has 0 aliphatic heterocycles. The number of para-hydroxylation sites is 1. The molecule has 0 bridgehead atoms. The number of fused-ring (bicyclic) bond motifs is 1. The molecule has 16 heavy (non-hydrogen) atoms. The van der Waals surface area contributed by atoms with Crippen molar-refractivity contribution in [1.29, 1.82) is 10.5 Å². The van der Waals surface area contributed by atoms with Gasteiger partial charge in [-0.15, -0.1) is 0 Å². The van der Waals surface area contributed by atoms with E-state index in [0.717, 1.165) is 5.52 Å². The molecule has 82 valence electrons. The molecule has 0 saturated carbocycles. The van der Waals surface area contributed by atoms with Crippen molar-refractivity contribution in [1.82, 2.24) is 4.98 Å². The van der Waals surface area contributed by atoms with Crippen molar-refractivity contribution >= 4 is 10.9 Å². The lowest BCUT2D eigenvalue weighted by Gasteiger charge is -1.91. The third kappa shape index (κ3) is 4.74. The topological polar surface area (TPSA) is 60.5 Å². The Morgan fingerprint density at radius 2 is 1.44 bits per heavy atom. The number of pyridine rings is 1. The fourth-order valence-corrected chi connectivity index (χ4v) is 1.02. The molecule has 1 heterocycles. The van der Waals surface area contributed by atoms with Gasteiger partial charge in [-0.1, -0.05) is 39.1 Å². The lowest BCUT2D eigenvalue weighted by atomic mass is 10.2. The average Bonchev–Trinajstić information content (AvgIpc) is 2.30. The minimum absolute atomic E-state index is 0. The summed E-state index contributed by atoms with van der Waals surface area (Å²) in [4.78, 5) is 4.18. The molecular weight excluding hydrogens is 198 g/mol. The van der Waals surface area contributed by atoms with Crippen LogP contribution in [0.4, 0.5) is 0 Å². The Bertz CT molecular complexity index is 415. The summed E-state index contributed by atoms with van der Waals surface area (Å²) in [5.74, 6) is 0. The van der Waals surface area contributed by atoms with E-state index in [0.29, 0.717) is 0 Å². The maximum absolute atomic E-state index is 7.26. The predicted molar refractivity (Wildman–Crippen MR) is 66.4 cm³/mol. The van der Waals surface area contributed by atoms with Gasteiger partial charge in [0, 0.05) is 11.6 Å². The Morgan fingerprint density at radius 1 is 0.875 bits per heavy atom. The van der Waals surface area contributed by atoms with E-state index >= 15 is 0 Å². The smallest absolute Gasteiger partial charge is 0.181 e. The van der Waals surface area contributed by atoms with E-state index < -0.39 is 0 Å². The minimum Gasteiger partial charge on any atom is -0.256 e. The van der Waals surface area contributed by atoms with Crippen molar-refractivity contribution in [2.24, 2.45) is 0 Å².